The normalized spacial score (nSPS) is 13.2. The molecule has 0 aromatic heterocycles. The monoisotopic (exact) mass is 186 g/mol. The second-order valence-electron chi connectivity index (χ2n) is 3.92. The van der Waals surface area contributed by atoms with Gasteiger partial charge in [-0.1, -0.05) is 33.1 Å². The molecule has 13 heavy (non-hydrogen) atoms. The summed E-state index contributed by atoms with van der Waals surface area (Å²) in [4.78, 5) is 0. The van der Waals surface area contributed by atoms with Crippen molar-refractivity contribution in [3.05, 3.63) is 0 Å². The number of hydrogen-bond acceptors (Lipinski definition) is 2. The van der Waals surface area contributed by atoms with Crippen LogP contribution in [-0.2, 0) is 0 Å². The lowest BCUT2D eigenvalue weighted by molar-refractivity contribution is 0.488. The molecule has 0 bridgehead atoms. The fourth-order valence-electron chi connectivity index (χ4n) is 1.24. The lowest BCUT2D eigenvalue weighted by atomic mass is 10.1. The molecule has 0 aliphatic rings. The van der Waals surface area contributed by atoms with Gasteiger partial charge in [-0.3, -0.25) is 0 Å². The molecular weight excluding hydrogens is 160 g/mol. The third-order valence-corrected chi connectivity index (χ3v) is 2.50. The first-order valence-corrected chi connectivity index (χ1v) is 5.72. The Morgan fingerprint density at radius 1 is 1.15 bits per heavy atom. The molecule has 0 heterocycles. The number of hydrogen-bond donors (Lipinski definition) is 2. The Morgan fingerprint density at radius 2 is 1.85 bits per heavy atom. The number of nitrogens with one attached hydrogen (secondary N) is 1. The van der Waals surface area contributed by atoms with Gasteiger partial charge in [-0.05, 0) is 38.4 Å². The maximum atomic E-state index is 5.41. The van der Waals surface area contributed by atoms with Crippen LogP contribution in [0.2, 0.25) is 0 Å². The van der Waals surface area contributed by atoms with Crippen molar-refractivity contribution in [1.82, 2.24) is 5.32 Å². The van der Waals surface area contributed by atoms with Gasteiger partial charge in [-0.15, -0.1) is 0 Å². The molecule has 2 nitrogen and oxygen atoms in total. The Bertz CT molecular complexity index is 94.1. The average molecular weight is 186 g/mol. The van der Waals surface area contributed by atoms with E-state index in [4.69, 9.17) is 5.73 Å². The van der Waals surface area contributed by atoms with E-state index in [1.807, 2.05) is 0 Å². The summed E-state index contributed by atoms with van der Waals surface area (Å²) in [7, 11) is 0. The van der Waals surface area contributed by atoms with Crippen LogP contribution in [-0.4, -0.2) is 19.6 Å². The van der Waals surface area contributed by atoms with E-state index in [0.29, 0.717) is 0 Å². The highest BCUT2D eigenvalue weighted by atomic mass is 14.8. The Labute approximate surface area is 83.3 Å². The highest BCUT2D eigenvalue weighted by molar-refractivity contribution is 4.55. The topological polar surface area (TPSA) is 38.0 Å². The maximum absolute atomic E-state index is 5.41. The van der Waals surface area contributed by atoms with E-state index in [2.05, 4.69) is 19.2 Å². The second kappa shape index (κ2) is 10.0. The summed E-state index contributed by atoms with van der Waals surface area (Å²) in [6.45, 7) is 7.73. The van der Waals surface area contributed by atoms with Crippen molar-refractivity contribution in [3.8, 4) is 0 Å². The first-order valence-electron chi connectivity index (χ1n) is 5.72. The first kappa shape index (κ1) is 12.9. The standard InChI is InChI=1S/C11H26N2/c1-3-11(2)10-13-9-7-5-4-6-8-12/h11,13H,3-10,12H2,1-2H3. The number of rotatable bonds is 9. The predicted molar refractivity (Wildman–Crippen MR) is 59.8 cm³/mol. The predicted octanol–water partition coefficient (Wildman–Crippen LogP) is 2.14. The Balaban J connectivity index is 2.91. The molecule has 0 aromatic carbocycles. The van der Waals surface area contributed by atoms with Gasteiger partial charge in [-0.2, -0.15) is 0 Å². The summed E-state index contributed by atoms with van der Waals surface area (Å²) >= 11 is 0. The van der Waals surface area contributed by atoms with Crippen LogP contribution in [0.3, 0.4) is 0 Å². The lowest BCUT2D eigenvalue weighted by Crippen LogP contribution is -2.21. The average Bonchev–Trinajstić information content (AvgIpc) is 2.16. The van der Waals surface area contributed by atoms with Crippen LogP contribution >= 0.6 is 0 Å². The van der Waals surface area contributed by atoms with E-state index in [0.717, 1.165) is 12.5 Å². The molecule has 0 aliphatic heterocycles. The summed E-state index contributed by atoms with van der Waals surface area (Å²) < 4.78 is 0. The minimum Gasteiger partial charge on any atom is -0.330 e. The van der Waals surface area contributed by atoms with Gasteiger partial charge >= 0.3 is 0 Å². The van der Waals surface area contributed by atoms with Crippen LogP contribution in [0, 0.1) is 5.92 Å². The molecule has 0 rings (SSSR count). The van der Waals surface area contributed by atoms with Crippen molar-refractivity contribution >= 4 is 0 Å². The van der Waals surface area contributed by atoms with Gasteiger partial charge in [0.1, 0.15) is 0 Å². The molecule has 80 valence electrons. The molecule has 0 amide bonds. The molecule has 0 fully saturated rings. The van der Waals surface area contributed by atoms with Gasteiger partial charge in [-0.25, -0.2) is 0 Å². The third kappa shape index (κ3) is 9.84. The van der Waals surface area contributed by atoms with E-state index in [1.54, 1.807) is 0 Å². The third-order valence-electron chi connectivity index (χ3n) is 2.50. The van der Waals surface area contributed by atoms with Gasteiger partial charge < -0.3 is 11.1 Å². The SMILES string of the molecule is CCC(C)CNCCCCCCN. The van der Waals surface area contributed by atoms with Crippen molar-refractivity contribution < 1.29 is 0 Å². The summed E-state index contributed by atoms with van der Waals surface area (Å²) in [6.07, 6.45) is 6.38. The Hall–Kier alpha value is -0.0800. The minimum atomic E-state index is 0.823. The summed E-state index contributed by atoms with van der Waals surface area (Å²) in [5.74, 6) is 0.823. The first-order chi connectivity index (χ1) is 6.31. The molecule has 2 heteroatoms. The van der Waals surface area contributed by atoms with E-state index in [-0.39, 0.29) is 0 Å². The minimum absolute atomic E-state index is 0.823. The molecule has 0 aromatic rings. The molecule has 0 saturated heterocycles. The van der Waals surface area contributed by atoms with Crippen LogP contribution in [0.5, 0.6) is 0 Å². The van der Waals surface area contributed by atoms with Crippen molar-refractivity contribution in [2.75, 3.05) is 19.6 Å². The number of nitrogens with two attached hydrogens (primary N) is 1. The molecule has 0 aliphatic carbocycles. The molecule has 1 atom stereocenters. The van der Waals surface area contributed by atoms with Crippen LogP contribution in [0.25, 0.3) is 0 Å². The fraction of sp³-hybridized carbons (Fsp3) is 1.00. The van der Waals surface area contributed by atoms with Crippen LogP contribution in [0.15, 0.2) is 0 Å². The lowest BCUT2D eigenvalue weighted by Gasteiger charge is -2.09. The zero-order valence-corrected chi connectivity index (χ0v) is 9.31. The van der Waals surface area contributed by atoms with Gasteiger partial charge in [0, 0.05) is 0 Å². The van der Waals surface area contributed by atoms with Crippen LogP contribution < -0.4 is 11.1 Å². The van der Waals surface area contributed by atoms with E-state index >= 15 is 0 Å². The molecule has 0 spiro atoms. The van der Waals surface area contributed by atoms with Crippen molar-refractivity contribution in [2.45, 2.75) is 46.0 Å². The Kier molecular flexibility index (Phi) is 9.94. The second-order valence-corrected chi connectivity index (χ2v) is 3.92. The number of unbranched alkanes of at least 4 members (excludes halogenated alkanes) is 3. The fourth-order valence-corrected chi connectivity index (χ4v) is 1.24. The van der Waals surface area contributed by atoms with E-state index < -0.39 is 0 Å². The smallest absolute Gasteiger partial charge is 0.00233 e. The van der Waals surface area contributed by atoms with Crippen molar-refractivity contribution in [2.24, 2.45) is 11.7 Å². The van der Waals surface area contributed by atoms with E-state index in [9.17, 15) is 0 Å². The Morgan fingerprint density at radius 3 is 2.46 bits per heavy atom. The zero-order valence-electron chi connectivity index (χ0n) is 9.31. The van der Waals surface area contributed by atoms with Gasteiger partial charge in [0.05, 0.1) is 0 Å². The molecule has 3 N–H and O–H groups in total. The summed E-state index contributed by atoms with van der Waals surface area (Å²) in [5, 5.41) is 3.48. The molecular formula is C11H26N2. The molecule has 0 radical (unpaired) electrons. The van der Waals surface area contributed by atoms with Crippen LogP contribution in [0.4, 0.5) is 0 Å². The van der Waals surface area contributed by atoms with Gasteiger partial charge in [0.25, 0.3) is 0 Å². The summed E-state index contributed by atoms with van der Waals surface area (Å²) in [6, 6.07) is 0. The largest absolute Gasteiger partial charge is 0.330 e. The van der Waals surface area contributed by atoms with Crippen molar-refractivity contribution in [1.29, 1.82) is 0 Å². The van der Waals surface area contributed by atoms with E-state index in [1.165, 1.54) is 45.2 Å². The molecule has 0 saturated carbocycles. The quantitative estimate of drug-likeness (QED) is 0.541. The van der Waals surface area contributed by atoms with Crippen LogP contribution in [0.1, 0.15) is 46.0 Å². The highest BCUT2D eigenvalue weighted by Crippen LogP contribution is 1.99. The van der Waals surface area contributed by atoms with Gasteiger partial charge in [0.2, 0.25) is 0 Å². The van der Waals surface area contributed by atoms with Crippen molar-refractivity contribution in [3.63, 3.8) is 0 Å². The maximum Gasteiger partial charge on any atom is -0.00233 e. The molecule has 1 unspecified atom stereocenters. The highest BCUT2D eigenvalue weighted by Gasteiger charge is 1.96. The summed E-state index contributed by atoms with van der Waals surface area (Å²) in [5.41, 5.74) is 5.41. The van der Waals surface area contributed by atoms with Gasteiger partial charge in [0.15, 0.2) is 0 Å². The zero-order chi connectivity index (χ0) is 9.94.